The molecule has 0 aromatic heterocycles. The maximum atomic E-state index is 12.9. The van der Waals surface area contributed by atoms with Gasteiger partial charge in [-0.1, -0.05) is 23.9 Å². The zero-order valence-electron chi connectivity index (χ0n) is 16.4. The van der Waals surface area contributed by atoms with Crippen LogP contribution in [0.5, 0.6) is 0 Å². The topological polar surface area (TPSA) is 113 Å². The van der Waals surface area contributed by atoms with Crippen molar-refractivity contribution < 1.29 is 18.1 Å². The predicted molar refractivity (Wildman–Crippen MR) is 115 cm³/mol. The van der Waals surface area contributed by atoms with Crippen molar-refractivity contribution in [2.24, 2.45) is 4.99 Å². The van der Waals surface area contributed by atoms with E-state index in [2.05, 4.69) is 4.99 Å². The summed E-state index contributed by atoms with van der Waals surface area (Å²) in [5, 5.41) is 11.5. The summed E-state index contributed by atoms with van der Waals surface area (Å²) in [4.78, 5) is 29.4. The molecule has 30 heavy (non-hydrogen) atoms. The third kappa shape index (κ3) is 4.69. The van der Waals surface area contributed by atoms with Crippen LogP contribution in [0.4, 0.5) is 5.69 Å². The first kappa shape index (κ1) is 21.9. The number of rotatable bonds is 6. The van der Waals surface area contributed by atoms with Crippen LogP contribution >= 0.6 is 11.8 Å². The number of nitro benzene ring substituents is 1. The van der Waals surface area contributed by atoms with E-state index in [-0.39, 0.29) is 16.5 Å². The molecule has 1 amide bonds. The summed E-state index contributed by atoms with van der Waals surface area (Å²) in [6.07, 6.45) is 0. The fourth-order valence-corrected chi connectivity index (χ4v) is 4.67. The maximum absolute atomic E-state index is 12.9. The van der Waals surface area contributed by atoms with E-state index in [1.807, 2.05) is 0 Å². The van der Waals surface area contributed by atoms with E-state index in [1.54, 1.807) is 12.1 Å². The summed E-state index contributed by atoms with van der Waals surface area (Å²) in [5.74, 6) is 0.163. The van der Waals surface area contributed by atoms with Crippen LogP contribution < -0.4 is 0 Å². The van der Waals surface area contributed by atoms with Gasteiger partial charge in [0.2, 0.25) is 10.0 Å². The number of benzene rings is 2. The number of aliphatic imine (C=N–C) groups is 1. The quantitative estimate of drug-likeness (QED) is 0.496. The molecule has 0 unspecified atom stereocenters. The number of carbonyl (C=O) groups excluding carboxylic acids is 1. The molecule has 0 radical (unpaired) electrons. The van der Waals surface area contributed by atoms with E-state index in [0.717, 1.165) is 9.87 Å². The Kier molecular flexibility index (Phi) is 6.54. The number of nitrogens with zero attached hydrogens (tertiary/aromatic N) is 4. The molecule has 0 atom stereocenters. The van der Waals surface area contributed by atoms with Gasteiger partial charge in [-0.15, -0.1) is 0 Å². The lowest BCUT2D eigenvalue weighted by Crippen LogP contribution is -2.32. The number of hydrogen-bond acceptors (Lipinski definition) is 7. The van der Waals surface area contributed by atoms with Crippen molar-refractivity contribution in [2.75, 3.05) is 27.2 Å². The number of hydrogen-bond donors (Lipinski definition) is 0. The van der Waals surface area contributed by atoms with Gasteiger partial charge in [0.1, 0.15) is 0 Å². The van der Waals surface area contributed by atoms with Gasteiger partial charge in [-0.25, -0.2) is 12.7 Å². The molecular weight excluding hydrogens is 428 g/mol. The van der Waals surface area contributed by atoms with Crippen molar-refractivity contribution >= 4 is 38.5 Å². The fraction of sp³-hybridized carbons (Fsp3) is 0.263. The Balaban J connectivity index is 1.70. The molecule has 0 saturated heterocycles. The zero-order valence-corrected chi connectivity index (χ0v) is 18.0. The second-order valence-electron chi connectivity index (χ2n) is 6.65. The molecule has 0 saturated carbocycles. The van der Waals surface area contributed by atoms with Gasteiger partial charge in [-0.05, 0) is 29.8 Å². The number of non-ortho nitro benzene ring substituents is 1. The smallest absolute Gasteiger partial charge is 0.269 e. The molecule has 0 fully saturated rings. The number of sulfonamides is 1. The van der Waals surface area contributed by atoms with Gasteiger partial charge in [0.25, 0.3) is 11.6 Å². The molecule has 0 N–H and O–H groups in total. The van der Waals surface area contributed by atoms with Crippen molar-refractivity contribution in [3.63, 3.8) is 0 Å². The van der Waals surface area contributed by atoms with E-state index in [1.165, 1.54) is 67.2 Å². The minimum atomic E-state index is -3.57. The third-order valence-electron chi connectivity index (χ3n) is 4.42. The molecule has 0 spiro atoms. The summed E-state index contributed by atoms with van der Waals surface area (Å²) in [7, 11) is -0.677. The Morgan fingerprint density at radius 1 is 1.23 bits per heavy atom. The maximum Gasteiger partial charge on any atom is 0.269 e. The molecule has 1 aliphatic rings. The number of amidine groups is 1. The van der Waals surface area contributed by atoms with Crippen molar-refractivity contribution in [2.45, 2.75) is 10.6 Å². The Bertz CT molecular complexity index is 1100. The van der Waals surface area contributed by atoms with Crippen LogP contribution in [0.25, 0.3) is 0 Å². The lowest BCUT2D eigenvalue weighted by Gasteiger charge is -2.18. The van der Waals surface area contributed by atoms with Crippen molar-refractivity contribution in [1.82, 2.24) is 9.21 Å². The summed E-state index contributed by atoms with van der Waals surface area (Å²) < 4.78 is 25.5. The Morgan fingerprint density at radius 2 is 1.93 bits per heavy atom. The Hall–Kier alpha value is -2.76. The molecule has 1 heterocycles. The van der Waals surface area contributed by atoms with Crippen molar-refractivity contribution in [1.29, 1.82) is 0 Å². The molecule has 1 aliphatic heterocycles. The lowest BCUT2D eigenvalue weighted by molar-refractivity contribution is -0.384. The highest BCUT2D eigenvalue weighted by atomic mass is 32.2. The third-order valence-corrected chi connectivity index (χ3v) is 7.33. The van der Waals surface area contributed by atoms with Crippen LogP contribution in [0.2, 0.25) is 0 Å². The van der Waals surface area contributed by atoms with Gasteiger partial charge in [-0.3, -0.25) is 24.8 Å². The van der Waals surface area contributed by atoms with E-state index >= 15 is 0 Å². The van der Waals surface area contributed by atoms with Gasteiger partial charge < -0.3 is 0 Å². The number of nitro groups is 1. The van der Waals surface area contributed by atoms with Gasteiger partial charge in [0.15, 0.2) is 5.17 Å². The molecule has 0 aliphatic carbocycles. The second-order valence-corrected chi connectivity index (χ2v) is 9.74. The van der Waals surface area contributed by atoms with E-state index in [4.69, 9.17) is 0 Å². The molecule has 2 aromatic carbocycles. The van der Waals surface area contributed by atoms with Crippen LogP contribution in [-0.2, 0) is 15.8 Å². The summed E-state index contributed by atoms with van der Waals surface area (Å²) in [5.41, 5.74) is 1.13. The Morgan fingerprint density at radius 3 is 2.57 bits per heavy atom. The van der Waals surface area contributed by atoms with Crippen LogP contribution in [0, 0.1) is 10.1 Å². The average molecular weight is 449 g/mol. The second kappa shape index (κ2) is 8.94. The van der Waals surface area contributed by atoms with Crippen molar-refractivity contribution in [3.05, 3.63) is 69.8 Å². The highest BCUT2D eigenvalue weighted by Crippen LogP contribution is 2.24. The summed E-state index contributed by atoms with van der Waals surface area (Å²) in [6, 6.07) is 12.1. The number of thioether (sulfide) groups is 1. The standard InChI is InChI=1S/C19H20N4O5S2/c1-21(2)30(27,28)17-8-6-15(7-9-17)18(24)22-11-10-20-19(22)29-13-14-4-3-5-16(12-14)23(25)26/h3-9,12H,10-11,13H2,1-2H3. The normalized spacial score (nSPS) is 14.1. The minimum Gasteiger partial charge on any atom is -0.286 e. The highest BCUT2D eigenvalue weighted by Gasteiger charge is 2.26. The van der Waals surface area contributed by atoms with E-state index in [9.17, 15) is 23.3 Å². The first-order valence-corrected chi connectivity index (χ1v) is 11.4. The molecular formula is C19H20N4O5S2. The van der Waals surface area contributed by atoms with Crippen LogP contribution in [0.1, 0.15) is 15.9 Å². The average Bonchev–Trinajstić information content (AvgIpc) is 3.20. The van der Waals surface area contributed by atoms with Gasteiger partial charge in [0, 0.05) is 44.1 Å². The van der Waals surface area contributed by atoms with Gasteiger partial charge in [0.05, 0.1) is 16.4 Å². The first-order valence-electron chi connectivity index (χ1n) is 8.95. The molecule has 11 heteroatoms. The SMILES string of the molecule is CN(C)S(=O)(=O)c1ccc(C(=O)N2CCN=C2SCc2cccc([N+](=O)[O-])c2)cc1. The molecule has 0 bridgehead atoms. The molecule has 9 nitrogen and oxygen atoms in total. The van der Waals surface area contributed by atoms with Gasteiger partial charge in [-0.2, -0.15) is 0 Å². The van der Waals surface area contributed by atoms with E-state index < -0.39 is 14.9 Å². The number of amides is 1. The molecule has 158 valence electrons. The zero-order chi connectivity index (χ0) is 21.9. The molecule has 2 aromatic rings. The minimum absolute atomic E-state index is 0.0159. The predicted octanol–water partition coefficient (Wildman–Crippen LogP) is 2.59. The number of carbonyl (C=O) groups is 1. The summed E-state index contributed by atoms with van der Waals surface area (Å²) in [6.45, 7) is 0.893. The van der Waals surface area contributed by atoms with E-state index in [0.29, 0.717) is 29.6 Å². The van der Waals surface area contributed by atoms with Crippen molar-refractivity contribution in [3.8, 4) is 0 Å². The highest BCUT2D eigenvalue weighted by molar-refractivity contribution is 8.13. The van der Waals surface area contributed by atoms with Crippen LogP contribution in [0.15, 0.2) is 58.4 Å². The first-order chi connectivity index (χ1) is 14.2. The largest absolute Gasteiger partial charge is 0.286 e. The van der Waals surface area contributed by atoms with Gasteiger partial charge >= 0.3 is 0 Å². The van der Waals surface area contributed by atoms with Crippen LogP contribution in [-0.4, -0.2) is 60.8 Å². The molecule has 3 rings (SSSR count). The lowest BCUT2D eigenvalue weighted by atomic mass is 10.2. The Labute approximate surface area is 178 Å². The summed E-state index contributed by atoms with van der Waals surface area (Å²) >= 11 is 1.33. The monoisotopic (exact) mass is 448 g/mol. The fourth-order valence-electron chi connectivity index (χ4n) is 2.78. The van der Waals surface area contributed by atoms with Crippen LogP contribution in [0.3, 0.4) is 0 Å².